The first kappa shape index (κ1) is 20.9. The van der Waals surface area contributed by atoms with E-state index in [1.807, 2.05) is 61.5 Å². The van der Waals surface area contributed by atoms with E-state index in [0.717, 1.165) is 33.7 Å². The predicted octanol–water partition coefficient (Wildman–Crippen LogP) is 4.85. The Kier molecular flexibility index (Phi) is 5.62. The highest BCUT2D eigenvalue weighted by Crippen LogP contribution is 2.37. The lowest BCUT2D eigenvalue weighted by atomic mass is 10.1. The highest BCUT2D eigenvalue weighted by molar-refractivity contribution is 6.01. The maximum absolute atomic E-state index is 12.7. The molecule has 0 aliphatic carbocycles. The average molecular weight is 442 g/mol. The molecule has 1 aliphatic rings. The molecule has 5 rings (SSSR count). The number of anilines is 3. The minimum Gasteiger partial charge on any atom is -0.489 e. The molecule has 0 saturated carbocycles. The number of fused-ring (bicyclic) bond motifs is 2. The van der Waals surface area contributed by atoms with E-state index < -0.39 is 0 Å². The summed E-state index contributed by atoms with van der Waals surface area (Å²) >= 11 is 0. The number of carbonyl (C=O) groups is 1. The largest absolute Gasteiger partial charge is 0.489 e. The molecule has 5 N–H and O–H groups in total. The zero-order chi connectivity index (χ0) is 22.8. The van der Waals surface area contributed by atoms with Gasteiger partial charge in [-0.15, -0.1) is 0 Å². The molecule has 2 amide bonds. The van der Waals surface area contributed by atoms with Crippen LogP contribution >= 0.6 is 0 Å². The Bertz CT molecular complexity index is 1280. The highest BCUT2D eigenvalue weighted by atomic mass is 16.5. The molecule has 0 bridgehead atoms. The molecule has 7 heteroatoms. The number of nitrogens with two attached hydrogens (primary N) is 1. The summed E-state index contributed by atoms with van der Waals surface area (Å²) in [6, 6.07) is 23.6. The molecule has 33 heavy (non-hydrogen) atoms. The second-order valence-electron chi connectivity index (χ2n) is 8.33. The fraction of sp³-hybridized carbons (Fsp3) is 0.192. The summed E-state index contributed by atoms with van der Waals surface area (Å²) in [6.45, 7) is 3.73. The van der Waals surface area contributed by atoms with E-state index in [2.05, 4.69) is 38.7 Å². The van der Waals surface area contributed by atoms with Gasteiger partial charge in [0.2, 0.25) is 0 Å². The van der Waals surface area contributed by atoms with Crippen molar-refractivity contribution in [2.45, 2.75) is 19.5 Å². The maximum Gasteiger partial charge on any atom is 0.323 e. The number of amides is 2. The molecule has 7 nitrogen and oxygen atoms in total. The summed E-state index contributed by atoms with van der Waals surface area (Å²) in [5.41, 5.74) is 11.6. The number of nitrogens with zero attached hydrogens (tertiary/aromatic N) is 1. The SMILES string of the molecule is Cc1cc2ccc(NC(=O)Nc3ccc4c(c3)N(Cc3ccccc3)C(CN)CO4)cc2[nH]1. The Hall–Kier alpha value is -3.97. The molecule has 0 fully saturated rings. The van der Waals surface area contributed by atoms with Crippen LogP contribution in [0.15, 0.2) is 72.8 Å². The van der Waals surface area contributed by atoms with E-state index in [1.54, 1.807) is 0 Å². The number of hydrogen-bond acceptors (Lipinski definition) is 4. The quantitative estimate of drug-likeness (QED) is 0.356. The van der Waals surface area contributed by atoms with Gasteiger partial charge in [0.1, 0.15) is 12.4 Å². The van der Waals surface area contributed by atoms with Crippen molar-refractivity contribution >= 4 is 34.0 Å². The van der Waals surface area contributed by atoms with Crippen LogP contribution < -0.4 is 26.0 Å². The van der Waals surface area contributed by atoms with Crippen LogP contribution in [-0.2, 0) is 6.54 Å². The van der Waals surface area contributed by atoms with Gasteiger partial charge < -0.3 is 31.0 Å². The maximum atomic E-state index is 12.7. The van der Waals surface area contributed by atoms with E-state index in [-0.39, 0.29) is 12.1 Å². The van der Waals surface area contributed by atoms with E-state index in [4.69, 9.17) is 10.5 Å². The molecule has 0 saturated heterocycles. The van der Waals surface area contributed by atoms with Crippen molar-refractivity contribution in [3.8, 4) is 5.75 Å². The fourth-order valence-corrected chi connectivity index (χ4v) is 4.25. The highest BCUT2D eigenvalue weighted by Gasteiger charge is 2.27. The Morgan fingerprint density at radius 3 is 2.61 bits per heavy atom. The van der Waals surface area contributed by atoms with E-state index in [9.17, 15) is 4.79 Å². The molecule has 168 valence electrons. The first-order valence-electron chi connectivity index (χ1n) is 11.0. The Balaban J connectivity index is 1.35. The van der Waals surface area contributed by atoms with Crippen LogP contribution in [0.3, 0.4) is 0 Å². The van der Waals surface area contributed by atoms with Crippen molar-refractivity contribution < 1.29 is 9.53 Å². The van der Waals surface area contributed by atoms with Gasteiger partial charge in [0.15, 0.2) is 0 Å². The van der Waals surface area contributed by atoms with E-state index in [1.165, 1.54) is 5.56 Å². The lowest BCUT2D eigenvalue weighted by Gasteiger charge is -2.38. The van der Waals surface area contributed by atoms with Crippen molar-refractivity contribution in [3.05, 3.63) is 84.1 Å². The van der Waals surface area contributed by atoms with E-state index >= 15 is 0 Å². The van der Waals surface area contributed by atoms with Crippen LogP contribution in [-0.4, -0.2) is 30.2 Å². The normalized spacial score (nSPS) is 15.1. The number of aryl methyl sites for hydroxylation is 1. The van der Waals surface area contributed by atoms with Crippen LogP contribution in [0.5, 0.6) is 5.75 Å². The summed E-state index contributed by atoms with van der Waals surface area (Å²) < 4.78 is 5.94. The zero-order valence-corrected chi connectivity index (χ0v) is 18.5. The lowest BCUT2D eigenvalue weighted by Crippen LogP contribution is -2.47. The third-order valence-electron chi connectivity index (χ3n) is 5.88. The van der Waals surface area contributed by atoms with Gasteiger partial charge in [-0.25, -0.2) is 4.79 Å². The molecule has 3 aromatic carbocycles. The van der Waals surface area contributed by atoms with Crippen molar-refractivity contribution in [1.29, 1.82) is 0 Å². The predicted molar refractivity (Wildman–Crippen MR) is 133 cm³/mol. The Morgan fingerprint density at radius 1 is 1.06 bits per heavy atom. The average Bonchev–Trinajstić information content (AvgIpc) is 3.19. The summed E-state index contributed by atoms with van der Waals surface area (Å²) in [7, 11) is 0. The molecule has 0 radical (unpaired) electrons. The van der Waals surface area contributed by atoms with Gasteiger partial charge in [-0.1, -0.05) is 36.4 Å². The number of hydrogen-bond donors (Lipinski definition) is 4. The van der Waals surface area contributed by atoms with Gasteiger partial charge in [0.25, 0.3) is 0 Å². The number of ether oxygens (including phenoxy) is 1. The monoisotopic (exact) mass is 441 g/mol. The zero-order valence-electron chi connectivity index (χ0n) is 18.5. The lowest BCUT2D eigenvalue weighted by molar-refractivity contribution is 0.261. The van der Waals surface area contributed by atoms with Crippen LogP contribution in [0, 0.1) is 6.92 Å². The third kappa shape index (κ3) is 4.49. The topological polar surface area (TPSA) is 95.4 Å². The fourth-order valence-electron chi connectivity index (χ4n) is 4.25. The first-order chi connectivity index (χ1) is 16.1. The summed E-state index contributed by atoms with van der Waals surface area (Å²) in [4.78, 5) is 18.2. The summed E-state index contributed by atoms with van der Waals surface area (Å²) in [6.07, 6.45) is 0. The molecule has 4 aromatic rings. The molecule has 2 heterocycles. The van der Waals surface area contributed by atoms with Crippen molar-refractivity contribution in [1.82, 2.24) is 4.98 Å². The number of aromatic amines is 1. The van der Waals surface area contributed by atoms with Crippen molar-refractivity contribution in [3.63, 3.8) is 0 Å². The molecule has 1 atom stereocenters. The van der Waals surface area contributed by atoms with Crippen molar-refractivity contribution in [2.75, 3.05) is 28.7 Å². The number of nitrogens with one attached hydrogen (secondary N) is 3. The van der Waals surface area contributed by atoms with Gasteiger partial charge in [0.05, 0.1) is 11.7 Å². The number of urea groups is 1. The van der Waals surface area contributed by atoms with Crippen LogP contribution in [0.2, 0.25) is 0 Å². The summed E-state index contributed by atoms with van der Waals surface area (Å²) in [5.74, 6) is 0.786. The Labute approximate surface area is 192 Å². The minimum absolute atomic E-state index is 0.0535. The van der Waals surface area contributed by atoms with Gasteiger partial charge in [0, 0.05) is 35.7 Å². The van der Waals surface area contributed by atoms with Crippen LogP contribution in [0.1, 0.15) is 11.3 Å². The third-order valence-corrected chi connectivity index (χ3v) is 5.88. The van der Waals surface area contributed by atoms with Crippen LogP contribution in [0.25, 0.3) is 10.9 Å². The molecule has 0 spiro atoms. The molecule has 1 aliphatic heterocycles. The summed E-state index contributed by atoms with van der Waals surface area (Å²) in [5, 5.41) is 6.96. The molecular formula is C26H27N5O2. The van der Waals surface area contributed by atoms with E-state index in [0.29, 0.717) is 25.4 Å². The smallest absolute Gasteiger partial charge is 0.323 e. The van der Waals surface area contributed by atoms with Gasteiger partial charge in [-0.3, -0.25) is 0 Å². The van der Waals surface area contributed by atoms with Gasteiger partial charge in [-0.05, 0) is 54.3 Å². The van der Waals surface area contributed by atoms with Crippen LogP contribution in [0.4, 0.5) is 21.9 Å². The minimum atomic E-state index is -0.306. The second-order valence-corrected chi connectivity index (χ2v) is 8.33. The second kappa shape index (κ2) is 8.88. The van der Waals surface area contributed by atoms with Crippen molar-refractivity contribution in [2.24, 2.45) is 5.73 Å². The number of H-pyrrole nitrogens is 1. The van der Waals surface area contributed by atoms with Gasteiger partial charge in [-0.2, -0.15) is 0 Å². The molecule has 1 aromatic heterocycles. The molecule has 1 unspecified atom stereocenters. The van der Waals surface area contributed by atoms with Gasteiger partial charge >= 0.3 is 6.03 Å². The number of carbonyl (C=O) groups excluding carboxylic acids is 1. The first-order valence-corrected chi connectivity index (χ1v) is 11.0. The number of rotatable bonds is 5. The standard InChI is InChI=1S/C26H27N5O2/c1-17-11-19-7-8-20(12-23(19)28-17)29-26(32)30-21-9-10-25-24(13-21)31(22(14-27)16-33-25)15-18-5-3-2-4-6-18/h2-13,22,28H,14-16,27H2,1H3,(H2,29,30,32). The Morgan fingerprint density at radius 2 is 1.82 bits per heavy atom. The molecular weight excluding hydrogens is 414 g/mol. The number of aromatic nitrogens is 1. The number of benzene rings is 3.